The van der Waals surface area contributed by atoms with E-state index in [4.69, 9.17) is 11.5 Å². The van der Waals surface area contributed by atoms with E-state index in [0.717, 1.165) is 28.2 Å². The largest absolute Gasteiger partial charge is 0.326 e. The lowest BCUT2D eigenvalue weighted by Gasteiger charge is -2.25. The molecule has 23 heavy (non-hydrogen) atoms. The van der Waals surface area contributed by atoms with Gasteiger partial charge in [-0.15, -0.1) is 0 Å². The highest BCUT2D eigenvalue weighted by Crippen LogP contribution is 2.34. The molecule has 0 fully saturated rings. The van der Waals surface area contributed by atoms with Gasteiger partial charge in [-0.05, 0) is 53.6 Å². The molecule has 3 rings (SSSR count). The van der Waals surface area contributed by atoms with E-state index in [-0.39, 0.29) is 0 Å². The van der Waals surface area contributed by atoms with Gasteiger partial charge in [0.2, 0.25) is 0 Å². The minimum absolute atomic E-state index is 0.547. The topological polar surface area (TPSA) is 55.3 Å². The molecular weight excluding hydrogens is 282 g/mol. The van der Waals surface area contributed by atoms with Gasteiger partial charge < -0.3 is 16.4 Å². The molecule has 0 atom stereocenters. The van der Waals surface area contributed by atoms with Gasteiger partial charge in [-0.1, -0.05) is 36.4 Å². The molecule has 0 unspecified atom stereocenters. The minimum atomic E-state index is 0.547. The highest BCUT2D eigenvalue weighted by molar-refractivity contribution is 5.76. The van der Waals surface area contributed by atoms with E-state index in [1.807, 2.05) is 24.3 Å². The van der Waals surface area contributed by atoms with Crippen LogP contribution in [0.4, 0.5) is 17.1 Å². The highest BCUT2D eigenvalue weighted by Gasteiger charge is 2.11. The van der Waals surface area contributed by atoms with Crippen molar-refractivity contribution in [2.45, 2.75) is 13.1 Å². The van der Waals surface area contributed by atoms with Gasteiger partial charge in [0.1, 0.15) is 0 Å². The first-order valence-electron chi connectivity index (χ1n) is 7.66. The van der Waals surface area contributed by atoms with Gasteiger partial charge in [0, 0.05) is 30.2 Å². The van der Waals surface area contributed by atoms with E-state index >= 15 is 0 Å². The standard InChI is InChI=1S/C20H20N3/c21-14-16-6-10-19(11-7-16)23(18-4-2-1-3-5-18)20-12-8-17(15-22)9-13-20/h2-13H,14-15,21-22H2. The molecule has 4 N–H and O–H groups in total. The van der Waals surface area contributed by atoms with Crippen molar-refractivity contribution in [1.29, 1.82) is 0 Å². The fourth-order valence-corrected chi connectivity index (χ4v) is 2.54. The maximum atomic E-state index is 5.70. The number of nitrogens with two attached hydrogens (primary N) is 2. The second-order valence-corrected chi connectivity index (χ2v) is 5.33. The Morgan fingerprint density at radius 2 is 1.00 bits per heavy atom. The van der Waals surface area contributed by atoms with Crippen molar-refractivity contribution in [3.63, 3.8) is 0 Å². The predicted octanol–water partition coefficient (Wildman–Crippen LogP) is 3.87. The fraction of sp³-hybridized carbons (Fsp3) is 0.100. The van der Waals surface area contributed by atoms with Gasteiger partial charge in [0.25, 0.3) is 0 Å². The summed E-state index contributed by atoms with van der Waals surface area (Å²) in [5.41, 5.74) is 16.9. The minimum Gasteiger partial charge on any atom is -0.326 e. The number of benzene rings is 3. The Hall–Kier alpha value is -2.62. The Morgan fingerprint density at radius 3 is 1.39 bits per heavy atom. The molecule has 0 bridgehead atoms. The molecule has 115 valence electrons. The average Bonchev–Trinajstić information content (AvgIpc) is 2.64. The van der Waals surface area contributed by atoms with Crippen molar-refractivity contribution in [1.82, 2.24) is 0 Å². The molecule has 3 aromatic carbocycles. The fourth-order valence-electron chi connectivity index (χ4n) is 2.54. The number of hydrogen-bond acceptors (Lipinski definition) is 3. The average molecular weight is 302 g/mol. The summed E-state index contributed by atoms with van der Waals surface area (Å²) in [6.45, 7) is 1.09. The summed E-state index contributed by atoms with van der Waals surface area (Å²) in [7, 11) is 0. The first-order valence-corrected chi connectivity index (χ1v) is 7.66. The Bertz CT molecular complexity index is 687. The molecule has 3 heteroatoms. The Balaban J connectivity index is 2.05. The third kappa shape index (κ3) is 3.42. The molecule has 1 radical (unpaired) electrons. The van der Waals surface area contributed by atoms with E-state index in [1.54, 1.807) is 0 Å². The summed E-state index contributed by atoms with van der Waals surface area (Å²) in [4.78, 5) is 2.20. The summed E-state index contributed by atoms with van der Waals surface area (Å²) in [6, 6.07) is 27.6. The maximum absolute atomic E-state index is 5.70. The van der Waals surface area contributed by atoms with Gasteiger partial charge >= 0.3 is 0 Å². The Morgan fingerprint density at radius 1 is 0.609 bits per heavy atom. The lowest BCUT2D eigenvalue weighted by molar-refractivity contribution is 1.07. The van der Waals surface area contributed by atoms with Crippen LogP contribution in [-0.2, 0) is 13.1 Å². The second kappa shape index (κ2) is 7.09. The third-order valence-electron chi connectivity index (χ3n) is 3.82. The number of rotatable bonds is 5. The van der Waals surface area contributed by atoms with E-state index in [9.17, 15) is 0 Å². The van der Waals surface area contributed by atoms with Crippen molar-refractivity contribution in [2.24, 2.45) is 11.5 Å². The molecule has 0 aliphatic heterocycles. The Labute approximate surface area is 137 Å². The molecule has 0 heterocycles. The van der Waals surface area contributed by atoms with Crippen molar-refractivity contribution in [2.75, 3.05) is 4.90 Å². The quantitative estimate of drug-likeness (QED) is 0.752. The highest BCUT2D eigenvalue weighted by atomic mass is 15.1. The first-order chi connectivity index (χ1) is 11.3. The normalized spacial score (nSPS) is 10.5. The maximum Gasteiger partial charge on any atom is 0.0462 e. The molecule has 3 aromatic rings. The summed E-state index contributed by atoms with van der Waals surface area (Å²) >= 11 is 0. The second-order valence-electron chi connectivity index (χ2n) is 5.33. The molecule has 0 aliphatic carbocycles. The van der Waals surface area contributed by atoms with E-state index in [1.165, 1.54) is 0 Å². The predicted molar refractivity (Wildman–Crippen MR) is 95.7 cm³/mol. The third-order valence-corrected chi connectivity index (χ3v) is 3.82. The molecule has 0 aromatic heterocycles. The zero-order valence-corrected chi connectivity index (χ0v) is 12.9. The first kappa shape index (κ1) is 15.3. The van der Waals surface area contributed by atoms with Gasteiger partial charge in [0.15, 0.2) is 0 Å². The molecular formula is C20H20N3. The molecule has 0 saturated heterocycles. The summed E-state index contributed by atoms with van der Waals surface area (Å²) < 4.78 is 0. The Kier molecular flexibility index (Phi) is 4.71. The van der Waals surface area contributed by atoms with Gasteiger partial charge in [-0.25, -0.2) is 0 Å². The van der Waals surface area contributed by atoms with E-state index in [2.05, 4.69) is 59.5 Å². The van der Waals surface area contributed by atoms with Crippen LogP contribution in [0, 0.1) is 6.07 Å². The van der Waals surface area contributed by atoms with Crippen LogP contribution in [0.25, 0.3) is 0 Å². The van der Waals surface area contributed by atoms with Crippen molar-refractivity contribution < 1.29 is 0 Å². The molecule has 0 spiro atoms. The SMILES string of the molecule is NCc1ccc(N(c2cc[c]cc2)c2ccc(CN)cc2)cc1. The van der Waals surface area contributed by atoms with Crippen molar-refractivity contribution in [3.8, 4) is 0 Å². The zero-order valence-electron chi connectivity index (χ0n) is 12.9. The summed E-state index contributed by atoms with van der Waals surface area (Å²) in [5.74, 6) is 0. The lowest BCUT2D eigenvalue weighted by atomic mass is 10.1. The lowest BCUT2D eigenvalue weighted by Crippen LogP contribution is -2.10. The van der Waals surface area contributed by atoms with Gasteiger partial charge in [-0.2, -0.15) is 0 Å². The smallest absolute Gasteiger partial charge is 0.0462 e. The van der Waals surface area contributed by atoms with Crippen LogP contribution >= 0.6 is 0 Å². The number of anilines is 3. The summed E-state index contributed by atoms with van der Waals surface area (Å²) in [5, 5.41) is 0. The van der Waals surface area contributed by atoms with Gasteiger partial charge in [0.05, 0.1) is 0 Å². The zero-order chi connectivity index (χ0) is 16.1. The van der Waals surface area contributed by atoms with Crippen LogP contribution in [0.2, 0.25) is 0 Å². The molecule has 0 amide bonds. The van der Waals surface area contributed by atoms with E-state index < -0.39 is 0 Å². The van der Waals surface area contributed by atoms with Crippen molar-refractivity contribution in [3.05, 3.63) is 90.0 Å². The van der Waals surface area contributed by atoms with Crippen LogP contribution in [-0.4, -0.2) is 0 Å². The molecule has 3 nitrogen and oxygen atoms in total. The van der Waals surface area contributed by atoms with Crippen LogP contribution in [0.1, 0.15) is 11.1 Å². The summed E-state index contributed by atoms with van der Waals surface area (Å²) in [6.07, 6.45) is 0. The van der Waals surface area contributed by atoms with Crippen LogP contribution in [0.3, 0.4) is 0 Å². The van der Waals surface area contributed by atoms with Crippen LogP contribution in [0.5, 0.6) is 0 Å². The van der Waals surface area contributed by atoms with Crippen molar-refractivity contribution >= 4 is 17.1 Å². The molecule has 0 saturated carbocycles. The van der Waals surface area contributed by atoms with Crippen LogP contribution in [0.15, 0.2) is 72.8 Å². The van der Waals surface area contributed by atoms with Gasteiger partial charge in [-0.3, -0.25) is 0 Å². The molecule has 0 aliphatic rings. The monoisotopic (exact) mass is 302 g/mol. The number of hydrogen-bond donors (Lipinski definition) is 2. The number of nitrogens with zero attached hydrogens (tertiary/aromatic N) is 1. The van der Waals surface area contributed by atoms with Crippen LogP contribution < -0.4 is 16.4 Å². The van der Waals surface area contributed by atoms with E-state index in [0.29, 0.717) is 13.1 Å².